The van der Waals surface area contributed by atoms with Crippen molar-refractivity contribution >= 4 is 39.9 Å². The van der Waals surface area contributed by atoms with Crippen LogP contribution >= 0.6 is 11.6 Å². The molecule has 4 aromatic rings. The van der Waals surface area contributed by atoms with E-state index in [0.717, 1.165) is 0 Å². The molecule has 5 rings (SSSR count). The molecule has 188 valence electrons. The molecule has 2 heterocycles. The molecule has 0 bridgehead atoms. The number of hydrogen-bond acceptors (Lipinski definition) is 6. The predicted octanol–water partition coefficient (Wildman–Crippen LogP) is 4.81. The van der Waals surface area contributed by atoms with Gasteiger partial charge in [-0.2, -0.15) is 0 Å². The number of nitrogens with one attached hydrogen (secondary N) is 1. The second-order valence-electron chi connectivity index (χ2n) is 8.54. The SMILES string of the molecule is CC(OC(=O)c1c(-c2ccc(Cl)cc2)c2ccccc2c(=O)n1C)C(=O)Nc1ccc2c(c1)OCCO2. The van der Waals surface area contributed by atoms with Crippen LogP contribution in [0.25, 0.3) is 21.9 Å². The van der Waals surface area contributed by atoms with E-state index in [1.807, 2.05) is 0 Å². The first kappa shape index (κ1) is 24.4. The Hall–Kier alpha value is -4.30. The molecule has 1 atom stereocenters. The number of fused-ring (bicyclic) bond motifs is 2. The summed E-state index contributed by atoms with van der Waals surface area (Å²) in [5, 5.41) is 4.30. The standard InChI is InChI=1S/C28H23ClN2O6/c1-16(26(32)30-19-11-12-22-23(15-19)36-14-13-35-22)37-28(34)25-24(17-7-9-18(29)10-8-17)20-5-3-4-6-21(20)27(33)31(25)2/h3-12,15-16H,13-14H2,1-2H3,(H,30,32). The molecule has 1 aliphatic rings. The van der Waals surface area contributed by atoms with Gasteiger partial charge < -0.3 is 24.1 Å². The Morgan fingerprint density at radius 1 is 0.973 bits per heavy atom. The molecule has 0 fully saturated rings. The molecule has 1 aromatic heterocycles. The minimum atomic E-state index is -1.15. The fourth-order valence-corrected chi connectivity index (χ4v) is 4.37. The normalized spacial score (nSPS) is 13.2. The summed E-state index contributed by atoms with van der Waals surface area (Å²) in [5.74, 6) is -0.230. The Kier molecular flexibility index (Phi) is 6.58. The third-order valence-corrected chi connectivity index (χ3v) is 6.34. The van der Waals surface area contributed by atoms with E-state index in [4.69, 9.17) is 25.8 Å². The topological polar surface area (TPSA) is 95.9 Å². The van der Waals surface area contributed by atoms with Crippen molar-refractivity contribution < 1.29 is 23.8 Å². The lowest BCUT2D eigenvalue weighted by Crippen LogP contribution is -2.33. The number of hydrogen-bond donors (Lipinski definition) is 1. The highest BCUT2D eigenvalue weighted by Gasteiger charge is 2.26. The average Bonchev–Trinajstić information content (AvgIpc) is 2.91. The Labute approximate surface area is 217 Å². The van der Waals surface area contributed by atoms with Crippen LogP contribution in [-0.2, 0) is 16.6 Å². The van der Waals surface area contributed by atoms with Gasteiger partial charge in [0, 0.05) is 34.8 Å². The molecule has 0 saturated heterocycles. The maximum absolute atomic E-state index is 13.5. The monoisotopic (exact) mass is 518 g/mol. The van der Waals surface area contributed by atoms with Gasteiger partial charge in [0.15, 0.2) is 17.6 Å². The summed E-state index contributed by atoms with van der Waals surface area (Å²) in [6.45, 7) is 2.34. The predicted molar refractivity (Wildman–Crippen MR) is 141 cm³/mol. The van der Waals surface area contributed by atoms with Gasteiger partial charge in [0.2, 0.25) is 0 Å². The van der Waals surface area contributed by atoms with Crippen molar-refractivity contribution in [2.75, 3.05) is 18.5 Å². The lowest BCUT2D eigenvalue weighted by molar-refractivity contribution is -0.123. The third kappa shape index (κ3) is 4.75. The number of carbonyl (C=O) groups excluding carboxylic acids is 2. The zero-order valence-corrected chi connectivity index (χ0v) is 20.9. The molecule has 1 N–H and O–H groups in total. The number of rotatable bonds is 5. The third-order valence-electron chi connectivity index (χ3n) is 6.09. The molecular formula is C28H23ClN2O6. The van der Waals surface area contributed by atoms with Crippen LogP contribution in [0.3, 0.4) is 0 Å². The summed E-state index contributed by atoms with van der Waals surface area (Å²) in [6, 6.07) is 19.0. The summed E-state index contributed by atoms with van der Waals surface area (Å²) >= 11 is 6.08. The van der Waals surface area contributed by atoms with Crippen LogP contribution in [0.1, 0.15) is 17.4 Å². The molecule has 3 aromatic carbocycles. The van der Waals surface area contributed by atoms with E-state index in [1.54, 1.807) is 66.7 Å². The Bertz CT molecular complexity index is 1580. The van der Waals surface area contributed by atoms with Crippen molar-refractivity contribution in [1.82, 2.24) is 4.57 Å². The van der Waals surface area contributed by atoms with E-state index < -0.39 is 18.0 Å². The maximum Gasteiger partial charge on any atom is 0.356 e. The summed E-state index contributed by atoms with van der Waals surface area (Å²) < 4.78 is 17.9. The van der Waals surface area contributed by atoms with Crippen molar-refractivity contribution in [3.05, 3.63) is 87.8 Å². The second-order valence-corrected chi connectivity index (χ2v) is 8.97. The molecule has 9 heteroatoms. The van der Waals surface area contributed by atoms with E-state index in [9.17, 15) is 14.4 Å². The molecule has 0 saturated carbocycles. The zero-order chi connectivity index (χ0) is 26.1. The fraction of sp³-hybridized carbons (Fsp3) is 0.179. The number of benzene rings is 3. The molecule has 1 amide bonds. The molecule has 37 heavy (non-hydrogen) atoms. The maximum atomic E-state index is 13.5. The summed E-state index contributed by atoms with van der Waals surface area (Å²) in [6.07, 6.45) is -1.15. The van der Waals surface area contributed by atoms with Crippen LogP contribution in [0.4, 0.5) is 5.69 Å². The molecule has 8 nitrogen and oxygen atoms in total. The van der Waals surface area contributed by atoms with E-state index in [1.165, 1.54) is 18.5 Å². The van der Waals surface area contributed by atoms with Gasteiger partial charge in [-0.1, -0.05) is 41.9 Å². The summed E-state index contributed by atoms with van der Waals surface area (Å²) in [7, 11) is 1.50. The smallest absolute Gasteiger partial charge is 0.356 e. The van der Waals surface area contributed by atoms with Crippen molar-refractivity contribution in [1.29, 1.82) is 0 Å². The number of carbonyl (C=O) groups is 2. The van der Waals surface area contributed by atoms with Gasteiger partial charge in [0.1, 0.15) is 18.9 Å². The van der Waals surface area contributed by atoms with Crippen molar-refractivity contribution in [3.63, 3.8) is 0 Å². The van der Waals surface area contributed by atoms with Crippen molar-refractivity contribution in [2.45, 2.75) is 13.0 Å². The largest absolute Gasteiger partial charge is 0.486 e. The van der Waals surface area contributed by atoms with E-state index in [0.29, 0.717) is 57.3 Å². The Balaban J connectivity index is 1.46. The minimum absolute atomic E-state index is 0.0324. The minimum Gasteiger partial charge on any atom is -0.486 e. The van der Waals surface area contributed by atoms with Crippen LogP contribution in [0, 0.1) is 0 Å². The first-order valence-electron chi connectivity index (χ1n) is 11.6. The average molecular weight is 519 g/mol. The van der Waals surface area contributed by atoms with Crippen molar-refractivity contribution in [3.8, 4) is 22.6 Å². The number of pyridine rings is 1. The van der Waals surface area contributed by atoms with Gasteiger partial charge in [-0.25, -0.2) is 4.79 Å². The number of nitrogens with zero attached hydrogens (tertiary/aromatic N) is 1. The quantitative estimate of drug-likeness (QED) is 0.381. The highest BCUT2D eigenvalue weighted by Crippen LogP contribution is 2.33. The number of aromatic nitrogens is 1. The Morgan fingerprint density at radius 3 is 2.38 bits per heavy atom. The lowest BCUT2D eigenvalue weighted by atomic mass is 9.96. The van der Waals surface area contributed by atoms with Crippen LogP contribution in [0.5, 0.6) is 11.5 Å². The van der Waals surface area contributed by atoms with Gasteiger partial charge in [0.25, 0.3) is 11.5 Å². The molecule has 0 spiro atoms. The van der Waals surface area contributed by atoms with E-state index >= 15 is 0 Å². The van der Waals surface area contributed by atoms with Crippen molar-refractivity contribution in [2.24, 2.45) is 7.05 Å². The van der Waals surface area contributed by atoms with Crippen LogP contribution < -0.4 is 20.3 Å². The molecular weight excluding hydrogens is 496 g/mol. The first-order valence-corrected chi connectivity index (χ1v) is 12.0. The fourth-order valence-electron chi connectivity index (χ4n) is 4.25. The molecule has 1 unspecified atom stereocenters. The lowest BCUT2D eigenvalue weighted by Gasteiger charge is -2.20. The Morgan fingerprint density at radius 2 is 1.65 bits per heavy atom. The van der Waals surface area contributed by atoms with E-state index in [2.05, 4.69) is 5.32 Å². The summed E-state index contributed by atoms with van der Waals surface area (Å²) in [4.78, 5) is 39.4. The number of amides is 1. The number of ether oxygens (including phenoxy) is 3. The summed E-state index contributed by atoms with van der Waals surface area (Å²) in [5.41, 5.74) is 1.34. The highest BCUT2D eigenvalue weighted by atomic mass is 35.5. The zero-order valence-electron chi connectivity index (χ0n) is 20.1. The van der Waals surface area contributed by atoms with Gasteiger partial charge in [-0.15, -0.1) is 0 Å². The van der Waals surface area contributed by atoms with Crippen LogP contribution in [0.2, 0.25) is 5.02 Å². The molecule has 1 aliphatic heterocycles. The van der Waals surface area contributed by atoms with Crippen LogP contribution in [-0.4, -0.2) is 35.8 Å². The number of anilines is 1. The highest BCUT2D eigenvalue weighted by molar-refractivity contribution is 6.30. The number of esters is 1. The molecule has 0 aliphatic carbocycles. The van der Waals surface area contributed by atoms with Crippen LogP contribution in [0.15, 0.2) is 71.5 Å². The first-order chi connectivity index (χ1) is 17.8. The number of halogens is 1. The van der Waals surface area contributed by atoms with Gasteiger partial charge in [-0.3, -0.25) is 9.59 Å². The van der Waals surface area contributed by atoms with Gasteiger partial charge in [0.05, 0.1) is 0 Å². The molecule has 0 radical (unpaired) electrons. The van der Waals surface area contributed by atoms with Gasteiger partial charge >= 0.3 is 5.97 Å². The van der Waals surface area contributed by atoms with Gasteiger partial charge in [-0.05, 0) is 48.2 Å². The van der Waals surface area contributed by atoms with E-state index in [-0.39, 0.29) is 11.3 Å². The second kappa shape index (κ2) is 9.99.